The van der Waals surface area contributed by atoms with Crippen LogP contribution in [0.5, 0.6) is 5.75 Å². The molecule has 4 heterocycles. The Morgan fingerprint density at radius 2 is 1.85 bits per heavy atom. The van der Waals surface area contributed by atoms with E-state index in [4.69, 9.17) is 21.3 Å². The van der Waals surface area contributed by atoms with E-state index in [1.54, 1.807) is 35.3 Å². The lowest BCUT2D eigenvalue weighted by Crippen LogP contribution is -2.45. The van der Waals surface area contributed by atoms with E-state index in [1.807, 2.05) is 18.3 Å². The summed E-state index contributed by atoms with van der Waals surface area (Å²) in [6.45, 7) is 3.63. The van der Waals surface area contributed by atoms with E-state index < -0.39 is 5.82 Å². The number of halogens is 2. The average Bonchev–Trinajstić information content (AvgIpc) is 3.35. The number of rotatable bonds is 5. The first-order chi connectivity index (χ1) is 16.5. The molecular weight excluding hydrogens is 457 g/mol. The minimum atomic E-state index is -0.450. The van der Waals surface area contributed by atoms with Crippen molar-refractivity contribution in [1.29, 1.82) is 0 Å². The molecule has 0 bridgehead atoms. The largest absolute Gasteiger partial charge is 0.496 e. The van der Waals surface area contributed by atoms with Gasteiger partial charge >= 0.3 is 0 Å². The third-order valence-electron chi connectivity index (χ3n) is 5.80. The van der Waals surface area contributed by atoms with E-state index in [1.165, 1.54) is 13.2 Å². The van der Waals surface area contributed by atoms with E-state index in [2.05, 4.69) is 31.9 Å². The Kier molecular flexibility index (Phi) is 6.12. The first kappa shape index (κ1) is 22.2. The predicted molar refractivity (Wildman–Crippen MR) is 129 cm³/mol. The van der Waals surface area contributed by atoms with Crippen LogP contribution in [0, 0.1) is 5.82 Å². The van der Waals surface area contributed by atoms with Gasteiger partial charge in [-0.15, -0.1) is 0 Å². The highest BCUT2D eigenvalue weighted by Gasteiger charge is 2.19. The molecule has 1 aliphatic rings. The monoisotopic (exact) mass is 479 g/mol. The molecule has 0 amide bonds. The number of benzene rings is 1. The summed E-state index contributed by atoms with van der Waals surface area (Å²) in [5, 5.41) is 5.08. The highest BCUT2D eigenvalue weighted by molar-refractivity contribution is 6.33. The van der Waals surface area contributed by atoms with Gasteiger partial charge in [0.2, 0.25) is 0 Å². The quantitative estimate of drug-likeness (QED) is 0.429. The molecule has 1 aliphatic heterocycles. The summed E-state index contributed by atoms with van der Waals surface area (Å²) in [5.41, 5.74) is 1.57. The Morgan fingerprint density at radius 3 is 2.65 bits per heavy atom. The normalized spacial score (nSPS) is 14.4. The van der Waals surface area contributed by atoms with Crippen LogP contribution in [0.4, 0.5) is 10.2 Å². The summed E-state index contributed by atoms with van der Waals surface area (Å²) >= 11 is 6.46. The highest BCUT2D eigenvalue weighted by Crippen LogP contribution is 2.31. The summed E-state index contributed by atoms with van der Waals surface area (Å²) in [6, 6.07) is 10.0. The molecule has 1 fully saturated rings. The van der Waals surface area contributed by atoms with Gasteiger partial charge in [-0.3, -0.25) is 0 Å². The zero-order valence-corrected chi connectivity index (χ0v) is 19.6. The van der Waals surface area contributed by atoms with Crippen LogP contribution in [0.2, 0.25) is 5.02 Å². The molecule has 0 atom stereocenters. The van der Waals surface area contributed by atoms with E-state index in [0.29, 0.717) is 22.3 Å². The van der Waals surface area contributed by atoms with Crippen molar-refractivity contribution in [1.82, 2.24) is 29.6 Å². The molecule has 1 aromatic carbocycles. The molecule has 4 aromatic rings. The molecule has 0 spiro atoms. The molecule has 1 saturated heterocycles. The molecule has 0 N–H and O–H groups in total. The molecule has 5 rings (SSSR count). The summed E-state index contributed by atoms with van der Waals surface area (Å²) in [5.74, 6) is 1.56. The summed E-state index contributed by atoms with van der Waals surface area (Å²) in [7, 11) is 3.59. The predicted octanol–water partition coefficient (Wildman–Crippen LogP) is 3.94. The second-order valence-corrected chi connectivity index (χ2v) is 8.43. The van der Waals surface area contributed by atoms with Crippen molar-refractivity contribution in [2.45, 2.75) is 0 Å². The van der Waals surface area contributed by atoms with Gasteiger partial charge in [0, 0.05) is 44.1 Å². The zero-order chi connectivity index (χ0) is 23.7. The third-order valence-corrected chi connectivity index (χ3v) is 6.10. The van der Waals surface area contributed by atoms with Crippen LogP contribution >= 0.6 is 11.6 Å². The maximum Gasteiger partial charge on any atom is 0.166 e. The number of hydrogen-bond donors (Lipinski definition) is 0. The lowest BCUT2D eigenvalue weighted by atomic mass is 10.1. The van der Waals surface area contributed by atoms with Gasteiger partial charge in [0.05, 0.1) is 29.6 Å². The van der Waals surface area contributed by atoms with Gasteiger partial charge in [-0.25, -0.2) is 24.0 Å². The molecular formula is C24H23ClFN7O. The highest BCUT2D eigenvalue weighted by atomic mass is 35.5. The van der Waals surface area contributed by atoms with Crippen molar-refractivity contribution in [3.8, 4) is 34.2 Å². The molecule has 34 heavy (non-hydrogen) atoms. The number of piperazine rings is 1. The maximum absolute atomic E-state index is 14.5. The molecule has 10 heteroatoms. The summed E-state index contributed by atoms with van der Waals surface area (Å²) in [4.78, 5) is 18.1. The minimum Gasteiger partial charge on any atom is -0.496 e. The number of ether oxygens (including phenoxy) is 1. The topological polar surface area (TPSA) is 72.2 Å². The lowest BCUT2D eigenvalue weighted by Gasteiger charge is -2.33. The fraction of sp³-hybridized carbons (Fsp3) is 0.250. The van der Waals surface area contributed by atoms with Crippen LogP contribution < -0.4 is 9.64 Å². The zero-order valence-electron chi connectivity index (χ0n) is 18.8. The Labute approximate surface area is 201 Å². The van der Waals surface area contributed by atoms with E-state index in [-0.39, 0.29) is 11.4 Å². The van der Waals surface area contributed by atoms with Crippen LogP contribution in [0.25, 0.3) is 28.5 Å². The summed E-state index contributed by atoms with van der Waals surface area (Å²) in [6.07, 6.45) is 5.11. The van der Waals surface area contributed by atoms with E-state index in [9.17, 15) is 4.39 Å². The molecule has 174 valence electrons. The molecule has 0 unspecified atom stereocenters. The van der Waals surface area contributed by atoms with Gasteiger partial charge in [-0.2, -0.15) is 5.10 Å². The van der Waals surface area contributed by atoms with Crippen LogP contribution in [0.15, 0.2) is 55.0 Å². The first-order valence-corrected chi connectivity index (χ1v) is 11.2. The second kappa shape index (κ2) is 9.36. The van der Waals surface area contributed by atoms with E-state index in [0.717, 1.165) is 37.6 Å². The Balaban J connectivity index is 1.46. The van der Waals surface area contributed by atoms with Crippen molar-refractivity contribution in [3.63, 3.8) is 0 Å². The van der Waals surface area contributed by atoms with Crippen molar-refractivity contribution >= 4 is 17.4 Å². The van der Waals surface area contributed by atoms with Crippen molar-refractivity contribution in [3.05, 3.63) is 65.8 Å². The average molecular weight is 480 g/mol. The number of nitrogens with zero attached hydrogens (tertiary/aromatic N) is 7. The van der Waals surface area contributed by atoms with Gasteiger partial charge in [-0.1, -0.05) is 17.7 Å². The SMILES string of the molecule is COc1cccc(F)c1-c1nccc(-c2cnn(-c3ccc(Cl)c(N4CCN(C)CC4)n3)c2)n1. The Bertz CT molecular complexity index is 1320. The first-order valence-electron chi connectivity index (χ1n) is 10.8. The van der Waals surface area contributed by atoms with Gasteiger partial charge in [0.15, 0.2) is 11.6 Å². The standard InChI is InChI=1S/C24H23ClFN7O/c1-31-10-12-32(13-11-31)24-17(25)6-7-21(30-24)33-15-16(14-28-33)19-8-9-27-23(29-19)22-18(26)4-3-5-20(22)34-2/h3-9,14-15H,10-13H2,1-2H3. The number of methoxy groups -OCH3 is 1. The number of pyridine rings is 1. The fourth-order valence-corrected chi connectivity index (χ4v) is 4.13. The van der Waals surface area contributed by atoms with Gasteiger partial charge < -0.3 is 14.5 Å². The van der Waals surface area contributed by atoms with Crippen molar-refractivity contribution < 1.29 is 9.13 Å². The van der Waals surface area contributed by atoms with Gasteiger partial charge in [0.1, 0.15) is 17.4 Å². The van der Waals surface area contributed by atoms with Gasteiger partial charge in [0.25, 0.3) is 0 Å². The smallest absolute Gasteiger partial charge is 0.166 e. The van der Waals surface area contributed by atoms with Gasteiger partial charge in [-0.05, 0) is 37.4 Å². The number of likely N-dealkylation sites (N-methyl/N-ethyl adjacent to an activating group) is 1. The Morgan fingerprint density at radius 1 is 1.03 bits per heavy atom. The molecule has 0 saturated carbocycles. The van der Waals surface area contributed by atoms with Crippen molar-refractivity contribution in [2.75, 3.05) is 45.2 Å². The molecule has 0 radical (unpaired) electrons. The minimum absolute atomic E-state index is 0.218. The fourth-order valence-electron chi connectivity index (χ4n) is 3.90. The second-order valence-electron chi connectivity index (χ2n) is 8.02. The summed E-state index contributed by atoms with van der Waals surface area (Å²) < 4.78 is 21.5. The van der Waals surface area contributed by atoms with Crippen LogP contribution in [-0.2, 0) is 0 Å². The number of hydrogen-bond acceptors (Lipinski definition) is 7. The molecule has 8 nitrogen and oxygen atoms in total. The Hall–Kier alpha value is -3.56. The molecule has 0 aliphatic carbocycles. The van der Waals surface area contributed by atoms with E-state index >= 15 is 0 Å². The van der Waals surface area contributed by atoms with Crippen LogP contribution in [0.1, 0.15) is 0 Å². The van der Waals surface area contributed by atoms with Crippen LogP contribution in [-0.4, -0.2) is 70.0 Å². The number of aromatic nitrogens is 5. The van der Waals surface area contributed by atoms with Crippen LogP contribution in [0.3, 0.4) is 0 Å². The number of anilines is 1. The molecule has 3 aromatic heterocycles. The maximum atomic E-state index is 14.5. The lowest BCUT2D eigenvalue weighted by molar-refractivity contribution is 0.312. The van der Waals surface area contributed by atoms with Crippen molar-refractivity contribution in [2.24, 2.45) is 0 Å². The third kappa shape index (κ3) is 4.32.